The van der Waals surface area contributed by atoms with Gasteiger partial charge in [-0.2, -0.15) is 0 Å². The minimum absolute atomic E-state index is 0.344. The van der Waals surface area contributed by atoms with E-state index in [0.29, 0.717) is 12.1 Å². The van der Waals surface area contributed by atoms with Crippen molar-refractivity contribution in [3.8, 4) is 0 Å². The standard InChI is InChI=1S/C12H11N3O3/c1-12(5-13-10(16)11(17)15-12)7-2-3-8-9(4-7)18-6-14-8/h2-4,6H,5H2,1H3,(H,13,16)(H,15,17). The highest BCUT2D eigenvalue weighted by molar-refractivity contribution is 6.35. The highest BCUT2D eigenvalue weighted by Gasteiger charge is 2.36. The van der Waals surface area contributed by atoms with E-state index in [0.717, 1.165) is 11.1 Å². The number of oxazole rings is 1. The fourth-order valence-electron chi connectivity index (χ4n) is 2.06. The van der Waals surface area contributed by atoms with E-state index in [4.69, 9.17) is 4.42 Å². The van der Waals surface area contributed by atoms with E-state index in [2.05, 4.69) is 15.6 Å². The Morgan fingerprint density at radius 2 is 2.17 bits per heavy atom. The van der Waals surface area contributed by atoms with Crippen molar-refractivity contribution in [2.75, 3.05) is 6.54 Å². The van der Waals surface area contributed by atoms with E-state index in [1.807, 2.05) is 25.1 Å². The van der Waals surface area contributed by atoms with Crippen LogP contribution in [0.2, 0.25) is 0 Å². The van der Waals surface area contributed by atoms with Gasteiger partial charge in [0.15, 0.2) is 12.0 Å². The van der Waals surface area contributed by atoms with Gasteiger partial charge in [0.05, 0.1) is 5.54 Å². The maximum Gasteiger partial charge on any atom is 0.310 e. The number of benzene rings is 1. The summed E-state index contributed by atoms with van der Waals surface area (Å²) in [5, 5.41) is 5.27. The second kappa shape index (κ2) is 3.56. The first-order valence-electron chi connectivity index (χ1n) is 5.53. The van der Waals surface area contributed by atoms with Gasteiger partial charge in [0, 0.05) is 6.54 Å². The molecule has 92 valence electrons. The molecule has 0 bridgehead atoms. The second-order valence-corrected chi connectivity index (χ2v) is 4.50. The average molecular weight is 245 g/mol. The van der Waals surface area contributed by atoms with Crippen LogP contribution in [-0.2, 0) is 15.1 Å². The quantitative estimate of drug-likeness (QED) is 0.707. The molecule has 0 radical (unpaired) electrons. The minimum atomic E-state index is -0.633. The van der Waals surface area contributed by atoms with E-state index < -0.39 is 17.4 Å². The van der Waals surface area contributed by atoms with Gasteiger partial charge >= 0.3 is 11.8 Å². The van der Waals surface area contributed by atoms with Gasteiger partial charge in [-0.15, -0.1) is 0 Å². The summed E-state index contributed by atoms with van der Waals surface area (Å²) in [6.45, 7) is 2.19. The number of piperazine rings is 1. The summed E-state index contributed by atoms with van der Waals surface area (Å²) in [4.78, 5) is 26.6. The molecule has 1 saturated heterocycles. The molecular formula is C12H11N3O3. The number of amides is 2. The summed E-state index contributed by atoms with van der Waals surface area (Å²) in [6.07, 6.45) is 1.37. The van der Waals surface area contributed by atoms with E-state index in [1.54, 1.807) is 0 Å². The van der Waals surface area contributed by atoms with E-state index in [-0.39, 0.29) is 0 Å². The lowest BCUT2D eigenvalue weighted by molar-refractivity contribution is -0.142. The van der Waals surface area contributed by atoms with Gasteiger partial charge < -0.3 is 15.1 Å². The van der Waals surface area contributed by atoms with Crippen LogP contribution < -0.4 is 10.6 Å². The molecule has 1 aromatic heterocycles. The monoisotopic (exact) mass is 245 g/mol. The van der Waals surface area contributed by atoms with E-state index in [9.17, 15) is 9.59 Å². The molecule has 1 atom stereocenters. The molecular weight excluding hydrogens is 234 g/mol. The summed E-state index contributed by atoms with van der Waals surface area (Å²) >= 11 is 0. The molecule has 2 N–H and O–H groups in total. The average Bonchev–Trinajstić information content (AvgIpc) is 2.81. The summed E-state index contributed by atoms with van der Waals surface area (Å²) in [5.41, 5.74) is 1.64. The summed E-state index contributed by atoms with van der Waals surface area (Å²) in [5.74, 6) is -1.23. The molecule has 1 aliphatic rings. The fraction of sp³-hybridized carbons (Fsp3) is 0.250. The number of carbonyl (C=O) groups excluding carboxylic acids is 2. The zero-order valence-electron chi connectivity index (χ0n) is 9.69. The first kappa shape index (κ1) is 10.8. The molecule has 6 heteroatoms. The third-order valence-corrected chi connectivity index (χ3v) is 3.17. The van der Waals surface area contributed by atoms with Crippen LogP contribution >= 0.6 is 0 Å². The molecule has 1 unspecified atom stereocenters. The molecule has 3 rings (SSSR count). The Morgan fingerprint density at radius 1 is 1.33 bits per heavy atom. The lowest BCUT2D eigenvalue weighted by Crippen LogP contribution is -2.60. The van der Waals surface area contributed by atoms with Crippen LogP contribution in [0, 0.1) is 0 Å². The third-order valence-electron chi connectivity index (χ3n) is 3.17. The van der Waals surface area contributed by atoms with Crippen molar-refractivity contribution in [1.29, 1.82) is 0 Å². The lowest BCUT2D eigenvalue weighted by atomic mass is 9.90. The van der Waals surface area contributed by atoms with Crippen LogP contribution in [0.15, 0.2) is 29.0 Å². The smallest absolute Gasteiger partial charge is 0.310 e. The molecule has 1 fully saturated rings. The van der Waals surface area contributed by atoms with Crippen LogP contribution in [0.3, 0.4) is 0 Å². The Morgan fingerprint density at radius 3 is 2.94 bits per heavy atom. The topological polar surface area (TPSA) is 84.2 Å². The van der Waals surface area contributed by atoms with Crippen molar-refractivity contribution in [3.63, 3.8) is 0 Å². The molecule has 1 aliphatic heterocycles. The number of hydrogen-bond acceptors (Lipinski definition) is 4. The van der Waals surface area contributed by atoms with Crippen LogP contribution in [0.4, 0.5) is 0 Å². The van der Waals surface area contributed by atoms with Crippen molar-refractivity contribution < 1.29 is 14.0 Å². The van der Waals surface area contributed by atoms with Crippen LogP contribution in [0.25, 0.3) is 11.1 Å². The Balaban J connectivity index is 2.02. The molecule has 18 heavy (non-hydrogen) atoms. The molecule has 0 spiro atoms. The van der Waals surface area contributed by atoms with Crippen molar-refractivity contribution in [2.24, 2.45) is 0 Å². The predicted molar refractivity (Wildman–Crippen MR) is 62.5 cm³/mol. The molecule has 1 aromatic carbocycles. The maximum absolute atomic E-state index is 11.4. The lowest BCUT2D eigenvalue weighted by Gasteiger charge is -2.34. The number of fused-ring (bicyclic) bond motifs is 1. The van der Waals surface area contributed by atoms with Crippen LogP contribution in [0.5, 0.6) is 0 Å². The van der Waals surface area contributed by atoms with Gasteiger partial charge in [-0.05, 0) is 24.6 Å². The summed E-state index contributed by atoms with van der Waals surface area (Å²) in [7, 11) is 0. The van der Waals surface area contributed by atoms with E-state index in [1.165, 1.54) is 6.39 Å². The Hall–Kier alpha value is -2.37. The second-order valence-electron chi connectivity index (χ2n) is 4.50. The highest BCUT2D eigenvalue weighted by atomic mass is 16.3. The van der Waals surface area contributed by atoms with Crippen molar-refractivity contribution in [2.45, 2.75) is 12.5 Å². The highest BCUT2D eigenvalue weighted by Crippen LogP contribution is 2.25. The number of aromatic nitrogens is 1. The van der Waals surface area contributed by atoms with Gasteiger partial charge in [0.25, 0.3) is 0 Å². The number of hydrogen-bond donors (Lipinski definition) is 2. The van der Waals surface area contributed by atoms with Gasteiger partial charge in [-0.3, -0.25) is 9.59 Å². The van der Waals surface area contributed by atoms with Crippen molar-refractivity contribution in [1.82, 2.24) is 15.6 Å². The van der Waals surface area contributed by atoms with Gasteiger partial charge in [-0.25, -0.2) is 4.98 Å². The van der Waals surface area contributed by atoms with E-state index >= 15 is 0 Å². The summed E-state index contributed by atoms with van der Waals surface area (Å²) in [6, 6.07) is 5.50. The largest absolute Gasteiger partial charge is 0.443 e. The van der Waals surface area contributed by atoms with Gasteiger partial charge in [-0.1, -0.05) is 6.07 Å². The predicted octanol–water partition coefficient (Wildman–Crippen LogP) is 0.289. The fourth-order valence-corrected chi connectivity index (χ4v) is 2.06. The van der Waals surface area contributed by atoms with Gasteiger partial charge in [0.2, 0.25) is 0 Å². The van der Waals surface area contributed by atoms with Crippen molar-refractivity contribution in [3.05, 3.63) is 30.2 Å². The Labute approximate surface area is 102 Å². The number of nitrogens with zero attached hydrogens (tertiary/aromatic N) is 1. The normalized spacial score (nSPS) is 23.8. The molecule has 2 aromatic rings. The Kier molecular flexibility index (Phi) is 2.13. The summed E-state index contributed by atoms with van der Waals surface area (Å²) < 4.78 is 5.23. The molecule has 6 nitrogen and oxygen atoms in total. The first-order chi connectivity index (χ1) is 8.58. The van der Waals surface area contributed by atoms with Crippen molar-refractivity contribution >= 4 is 22.9 Å². The number of nitrogens with one attached hydrogen (secondary N) is 2. The zero-order valence-corrected chi connectivity index (χ0v) is 9.69. The zero-order chi connectivity index (χ0) is 12.8. The third kappa shape index (κ3) is 1.54. The molecule has 0 saturated carbocycles. The molecule has 2 heterocycles. The first-order valence-corrected chi connectivity index (χ1v) is 5.53. The van der Waals surface area contributed by atoms with Gasteiger partial charge in [0.1, 0.15) is 5.52 Å². The SMILES string of the molecule is CC1(c2ccc3ncoc3c2)CNC(=O)C(=O)N1. The minimum Gasteiger partial charge on any atom is -0.443 e. The molecule has 2 amide bonds. The van der Waals surface area contributed by atoms with Crippen LogP contribution in [-0.4, -0.2) is 23.3 Å². The number of carbonyl (C=O) groups is 2. The number of rotatable bonds is 1. The maximum atomic E-state index is 11.4. The Bertz CT molecular complexity index is 649. The van der Waals surface area contributed by atoms with Crippen LogP contribution in [0.1, 0.15) is 12.5 Å². The molecule has 0 aliphatic carbocycles.